The van der Waals surface area contributed by atoms with Crippen LogP contribution < -0.4 is 10.6 Å². The van der Waals surface area contributed by atoms with Gasteiger partial charge in [-0.15, -0.1) is 0 Å². The van der Waals surface area contributed by atoms with Crippen LogP contribution in [0.5, 0.6) is 0 Å². The first-order valence-electron chi connectivity index (χ1n) is 9.90. The van der Waals surface area contributed by atoms with Crippen molar-refractivity contribution in [3.63, 3.8) is 0 Å². The summed E-state index contributed by atoms with van der Waals surface area (Å²) < 4.78 is 0. The second-order valence-corrected chi connectivity index (χ2v) is 8.51. The molecular formula is C21H30N2O2. The molecule has 0 bridgehead atoms. The molecule has 0 saturated heterocycles. The molecule has 3 fully saturated rings. The molecule has 1 aromatic carbocycles. The fraction of sp³-hybridized carbons (Fsp3) is 0.667. The molecule has 25 heavy (non-hydrogen) atoms. The van der Waals surface area contributed by atoms with Crippen molar-refractivity contribution in [2.24, 2.45) is 11.3 Å². The molecule has 4 heteroatoms. The van der Waals surface area contributed by atoms with Gasteiger partial charge in [0.1, 0.15) is 0 Å². The summed E-state index contributed by atoms with van der Waals surface area (Å²) in [5.41, 5.74) is 1.92. The van der Waals surface area contributed by atoms with Crippen LogP contribution in [-0.4, -0.2) is 36.2 Å². The van der Waals surface area contributed by atoms with Crippen LogP contribution in [0.2, 0.25) is 0 Å². The smallest absolute Gasteiger partial charge is 0.306 e. The summed E-state index contributed by atoms with van der Waals surface area (Å²) in [7, 11) is 0. The Morgan fingerprint density at radius 1 is 1.04 bits per heavy atom. The van der Waals surface area contributed by atoms with E-state index < -0.39 is 5.97 Å². The van der Waals surface area contributed by atoms with Gasteiger partial charge in [-0.3, -0.25) is 4.79 Å². The number of hydrogen-bond acceptors (Lipinski definition) is 3. The lowest BCUT2D eigenvalue weighted by atomic mass is 9.86. The summed E-state index contributed by atoms with van der Waals surface area (Å²) in [6.45, 7) is 2.21. The predicted octanol–water partition coefficient (Wildman–Crippen LogP) is 3.15. The third-order valence-corrected chi connectivity index (χ3v) is 6.56. The van der Waals surface area contributed by atoms with E-state index in [0.29, 0.717) is 23.4 Å². The van der Waals surface area contributed by atoms with Crippen molar-refractivity contribution in [2.45, 2.75) is 62.9 Å². The highest BCUT2D eigenvalue weighted by Crippen LogP contribution is 2.47. The van der Waals surface area contributed by atoms with E-state index in [1.54, 1.807) is 0 Å². The topological polar surface area (TPSA) is 61.4 Å². The first kappa shape index (κ1) is 17.0. The van der Waals surface area contributed by atoms with Gasteiger partial charge in [0.15, 0.2) is 0 Å². The molecule has 0 spiro atoms. The number of hydrogen-bond donors (Lipinski definition) is 3. The molecule has 0 aliphatic heterocycles. The Morgan fingerprint density at radius 2 is 1.72 bits per heavy atom. The third-order valence-electron chi connectivity index (χ3n) is 6.56. The molecule has 136 valence electrons. The molecule has 3 aliphatic carbocycles. The second kappa shape index (κ2) is 7.08. The molecule has 0 aromatic heterocycles. The van der Waals surface area contributed by atoms with Crippen molar-refractivity contribution >= 4 is 5.97 Å². The highest BCUT2D eigenvalue weighted by Gasteiger charge is 2.45. The zero-order valence-corrected chi connectivity index (χ0v) is 14.9. The van der Waals surface area contributed by atoms with Crippen LogP contribution in [-0.2, 0) is 4.79 Å². The summed E-state index contributed by atoms with van der Waals surface area (Å²) in [5.74, 6) is -0.0191. The van der Waals surface area contributed by atoms with Gasteiger partial charge in [0.2, 0.25) is 0 Å². The number of benzene rings is 1. The Hall–Kier alpha value is -1.39. The zero-order chi connectivity index (χ0) is 17.3. The van der Waals surface area contributed by atoms with Crippen molar-refractivity contribution in [1.82, 2.24) is 10.6 Å². The van der Waals surface area contributed by atoms with Crippen LogP contribution in [0.15, 0.2) is 30.3 Å². The van der Waals surface area contributed by atoms with Gasteiger partial charge >= 0.3 is 5.97 Å². The molecular weight excluding hydrogens is 312 g/mol. The van der Waals surface area contributed by atoms with Crippen LogP contribution in [0.3, 0.4) is 0 Å². The Kier molecular flexibility index (Phi) is 4.83. The number of carboxylic acids is 1. The molecule has 3 N–H and O–H groups in total. The molecule has 3 saturated carbocycles. The second-order valence-electron chi connectivity index (χ2n) is 8.51. The molecule has 0 amide bonds. The third kappa shape index (κ3) is 4.24. The minimum atomic E-state index is -0.612. The standard InChI is InChI=1S/C21H30N2O2/c24-20(25)16-6-8-17(9-7-16)22-13-21(10-11-21)14-23-19-12-18(19)15-4-2-1-3-5-15/h1-5,16-19,22-23H,6-14H2,(H,24,25)/t16-,17-,18?,19?. The normalized spacial score (nSPS) is 33.0. The summed E-state index contributed by atoms with van der Waals surface area (Å²) >= 11 is 0. The Bertz CT molecular complexity index is 591. The average molecular weight is 342 g/mol. The highest BCUT2D eigenvalue weighted by molar-refractivity contribution is 5.70. The molecule has 0 radical (unpaired) electrons. The monoisotopic (exact) mass is 342 g/mol. The lowest BCUT2D eigenvalue weighted by Gasteiger charge is -2.29. The molecule has 4 rings (SSSR count). The van der Waals surface area contributed by atoms with Gasteiger partial charge in [0.25, 0.3) is 0 Å². The highest BCUT2D eigenvalue weighted by atomic mass is 16.4. The fourth-order valence-electron chi connectivity index (χ4n) is 4.33. The average Bonchev–Trinajstić information content (AvgIpc) is 3.55. The van der Waals surface area contributed by atoms with E-state index in [0.717, 1.165) is 38.8 Å². The van der Waals surface area contributed by atoms with Crippen molar-refractivity contribution < 1.29 is 9.90 Å². The SMILES string of the molecule is O=C(O)[C@H]1CC[C@H](NCC2(CNC3CC3c3ccccc3)CC2)CC1. The van der Waals surface area contributed by atoms with E-state index in [9.17, 15) is 4.79 Å². The maximum atomic E-state index is 11.0. The molecule has 2 atom stereocenters. The van der Waals surface area contributed by atoms with Crippen LogP contribution in [0.1, 0.15) is 56.4 Å². The maximum Gasteiger partial charge on any atom is 0.306 e. The number of carbonyl (C=O) groups is 1. The van der Waals surface area contributed by atoms with E-state index >= 15 is 0 Å². The molecule has 2 unspecified atom stereocenters. The lowest BCUT2D eigenvalue weighted by Crippen LogP contribution is -2.41. The number of aliphatic carboxylic acids is 1. The summed E-state index contributed by atoms with van der Waals surface area (Å²) in [5, 5.41) is 16.6. The molecule has 4 nitrogen and oxygen atoms in total. The van der Waals surface area contributed by atoms with Crippen molar-refractivity contribution in [3.05, 3.63) is 35.9 Å². The fourth-order valence-corrected chi connectivity index (χ4v) is 4.33. The van der Waals surface area contributed by atoms with E-state index in [2.05, 4.69) is 41.0 Å². The number of nitrogens with one attached hydrogen (secondary N) is 2. The van der Waals surface area contributed by atoms with Gasteiger partial charge in [0.05, 0.1) is 5.92 Å². The largest absolute Gasteiger partial charge is 0.481 e. The van der Waals surface area contributed by atoms with Crippen molar-refractivity contribution in [3.8, 4) is 0 Å². The molecule has 0 heterocycles. The van der Waals surface area contributed by atoms with Crippen LogP contribution >= 0.6 is 0 Å². The van der Waals surface area contributed by atoms with Crippen molar-refractivity contribution in [1.29, 1.82) is 0 Å². The number of carboxylic acid groups (broad SMARTS) is 1. The Labute approximate surface area is 150 Å². The Morgan fingerprint density at radius 3 is 2.36 bits per heavy atom. The minimum absolute atomic E-state index is 0.112. The van der Waals surface area contributed by atoms with Crippen LogP contribution in [0.25, 0.3) is 0 Å². The Balaban J connectivity index is 1.16. The van der Waals surface area contributed by atoms with Gasteiger partial charge in [0, 0.05) is 31.1 Å². The van der Waals surface area contributed by atoms with Crippen LogP contribution in [0, 0.1) is 11.3 Å². The first-order valence-corrected chi connectivity index (χ1v) is 9.90. The van der Waals surface area contributed by atoms with Gasteiger partial charge in [-0.1, -0.05) is 30.3 Å². The van der Waals surface area contributed by atoms with E-state index in [4.69, 9.17) is 5.11 Å². The van der Waals surface area contributed by atoms with Crippen LogP contribution in [0.4, 0.5) is 0 Å². The summed E-state index contributed by atoms with van der Waals surface area (Å²) in [4.78, 5) is 11.0. The van der Waals surface area contributed by atoms with E-state index in [-0.39, 0.29) is 5.92 Å². The van der Waals surface area contributed by atoms with E-state index in [1.807, 2.05) is 0 Å². The first-order chi connectivity index (χ1) is 12.2. The predicted molar refractivity (Wildman–Crippen MR) is 98.6 cm³/mol. The lowest BCUT2D eigenvalue weighted by molar-refractivity contribution is -0.142. The molecule has 3 aliphatic rings. The maximum absolute atomic E-state index is 11.0. The summed E-state index contributed by atoms with van der Waals surface area (Å²) in [6.07, 6.45) is 7.60. The van der Waals surface area contributed by atoms with Crippen molar-refractivity contribution in [2.75, 3.05) is 13.1 Å². The minimum Gasteiger partial charge on any atom is -0.481 e. The van der Waals surface area contributed by atoms with Gasteiger partial charge in [-0.2, -0.15) is 0 Å². The van der Waals surface area contributed by atoms with E-state index in [1.165, 1.54) is 24.8 Å². The zero-order valence-electron chi connectivity index (χ0n) is 14.9. The number of rotatable bonds is 8. The van der Waals surface area contributed by atoms with Gasteiger partial charge in [-0.05, 0) is 55.9 Å². The quantitative estimate of drug-likeness (QED) is 0.679. The molecule has 1 aromatic rings. The van der Waals surface area contributed by atoms with Gasteiger partial charge < -0.3 is 15.7 Å². The summed E-state index contributed by atoms with van der Waals surface area (Å²) in [6, 6.07) is 12.0. The van der Waals surface area contributed by atoms with Gasteiger partial charge in [-0.25, -0.2) is 0 Å².